The van der Waals surface area contributed by atoms with E-state index in [0.717, 1.165) is 11.4 Å². The van der Waals surface area contributed by atoms with Crippen LogP contribution in [0.2, 0.25) is 0 Å². The van der Waals surface area contributed by atoms with Crippen molar-refractivity contribution >= 4 is 0 Å². The molecule has 0 aliphatic heterocycles. The predicted molar refractivity (Wildman–Crippen MR) is 63.2 cm³/mol. The summed E-state index contributed by atoms with van der Waals surface area (Å²) in [5, 5.41) is 11.9. The van der Waals surface area contributed by atoms with Crippen LogP contribution in [0.1, 0.15) is 5.56 Å². The van der Waals surface area contributed by atoms with Gasteiger partial charge in [-0.2, -0.15) is 5.10 Å². The van der Waals surface area contributed by atoms with Crippen LogP contribution in [0.4, 0.5) is 0 Å². The minimum absolute atomic E-state index is 1.02. The summed E-state index contributed by atoms with van der Waals surface area (Å²) < 4.78 is 3.72. The molecule has 0 radical (unpaired) electrons. The van der Waals surface area contributed by atoms with Crippen LogP contribution in [0.5, 0.6) is 0 Å². The zero-order chi connectivity index (χ0) is 11.7. The van der Waals surface area contributed by atoms with E-state index in [0.29, 0.717) is 0 Å². The summed E-state index contributed by atoms with van der Waals surface area (Å²) in [6.07, 6.45) is 7.05. The first-order chi connectivity index (χ1) is 8.34. The Kier molecular flexibility index (Phi) is 2.22. The van der Waals surface area contributed by atoms with Gasteiger partial charge in [0.15, 0.2) is 0 Å². The molecule has 17 heavy (non-hydrogen) atoms. The van der Waals surface area contributed by atoms with Crippen LogP contribution in [-0.4, -0.2) is 24.5 Å². The molecule has 5 nitrogen and oxygen atoms in total. The van der Waals surface area contributed by atoms with Gasteiger partial charge < -0.3 is 0 Å². The van der Waals surface area contributed by atoms with Crippen molar-refractivity contribution in [2.75, 3.05) is 0 Å². The molecule has 0 atom stereocenters. The van der Waals surface area contributed by atoms with Crippen LogP contribution < -0.4 is 0 Å². The van der Waals surface area contributed by atoms with Gasteiger partial charge in [-0.25, -0.2) is 4.68 Å². The summed E-state index contributed by atoms with van der Waals surface area (Å²) in [7, 11) is 0. The van der Waals surface area contributed by atoms with E-state index in [1.165, 1.54) is 5.56 Å². The first kappa shape index (κ1) is 9.77. The largest absolute Gasteiger partial charge is 0.288 e. The van der Waals surface area contributed by atoms with Gasteiger partial charge in [0.1, 0.15) is 12.7 Å². The summed E-state index contributed by atoms with van der Waals surface area (Å²) in [6, 6.07) is 8.06. The Morgan fingerprint density at radius 3 is 2.65 bits per heavy atom. The van der Waals surface area contributed by atoms with Crippen LogP contribution in [0.25, 0.3) is 11.4 Å². The minimum Gasteiger partial charge on any atom is -0.288 e. The molecule has 0 unspecified atom stereocenters. The van der Waals surface area contributed by atoms with Crippen LogP contribution in [-0.2, 0) is 0 Å². The Morgan fingerprint density at radius 2 is 1.94 bits per heavy atom. The van der Waals surface area contributed by atoms with Crippen molar-refractivity contribution in [1.29, 1.82) is 0 Å². The highest BCUT2D eigenvalue weighted by molar-refractivity contribution is 5.48. The van der Waals surface area contributed by atoms with Gasteiger partial charge >= 0.3 is 0 Å². The first-order valence-electron chi connectivity index (χ1n) is 5.30. The van der Waals surface area contributed by atoms with E-state index in [9.17, 15) is 0 Å². The molecule has 0 fully saturated rings. The topological polar surface area (TPSA) is 48.5 Å². The van der Waals surface area contributed by atoms with Crippen LogP contribution in [0.15, 0.2) is 49.3 Å². The van der Waals surface area contributed by atoms with E-state index < -0.39 is 0 Å². The standard InChI is InChI=1S/C12H11N5/c1-10-3-4-11(16-8-13-14-9-16)7-12(10)17-6-2-5-15-17/h2-9H,1H3. The lowest BCUT2D eigenvalue weighted by Crippen LogP contribution is -2.00. The summed E-state index contributed by atoms with van der Waals surface area (Å²) in [6.45, 7) is 2.06. The zero-order valence-corrected chi connectivity index (χ0v) is 9.35. The molecule has 3 aromatic rings. The lowest BCUT2D eigenvalue weighted by Gasteiger charge is -2.08. The molecule has 0 saturated carbocycles. The van der Waals surface area contributed by atoms with Crippen molar-refractivity contribution in [3.63, 3.8) is 0 Å². The third kappa shape index (κ3) is 1.71. The molecule has 2 aromatic heterocycles. The molecule has 1 aromatic carbocycles. The molecule has 84 valence electrons. The smallest absolute Gasteiger partial charge is 0.123 e. The second-order valence-electron chi connectivity index (χ2n) is 3.79. The highest BCUT2D eigenvalue weighted by atomic mass is 15.3. The van der Waals surface area contributed by atoms with Crippen LogP contribution in [0.3, 0.4) is 0 Å². The molecule has 2 heterocycles. The Labute approximate surface area is 98.3 Å². The number of hydrogen-bond acceptors (Lipinski definition) is 3. The number of aromatic nitrogens is 5. The quantitative estimate of drug-likeness (QED) is 0.667. The van der Waals surface area contributed by atoms with Crippen molar-refractivity contribution in [2.45, 2.75) is 6.92 Å². The molecule has 5 heteroatoms. The van der Waals surface area contributed by atoms with Crippen LogP contribution >= 0.6 is 0 Å². The van der Waals surface area contributed by atoms with Crippen molar-refractivity contribution in [3.8, 4) is 11.4 Å². The van der Waals surface area contributed by atoms with Gasteiger partial charge in [-0.15, -0.1) is 10.2 Å². The normalized spacial score (nSPS) is 10.6. The Morgan fingerprint density at radius 1 is 1.12 bits per heavy atom. The van der Waals surface area contributed by atoms with Gasteiger partial charge in [0.05, 0.1) is 11.4 Å². The molecular formula is C12H11N5. The number of aryl methyl sites for hydroxylation is 1. The Balaban J connectivity index is 2.13. The van der Waals surface area contributed by atoms with Crippen LogP contribution in [0, 0.1) is 6.92 Å². The SMILES string of the molecule is Cc1ccc(-n2cnnc2)cc1-n1cccn1. The van der Waals surface area contributed by atoms with E-state index in [1.807, 2.05) is 27.6 Å². The van der Waals surface area contributed by atoms with Gasteiger partial charge in [-0.3, -0.25) is 4.57 Å². The van der Waals surface area contributed by atoms with Gasteiger partial charge in [-0.05, 0) is 30.7 Å². The molecule has 0 aliphatic carbocycles. The van der Waals surface area contributed by atoms with Gasteiger partial charge in [0.2, 0.25) is 0 Å². The van der Waals surface area contributed by atoms with Crippen molar-refractivity contribution in [3.05, 3.63) is 54.9 Å². The fraction of sp³-hybridized carbons (Fsp3) is 0.0833. The average molecular weight is 225 g/mol. The van der Waals surface area contributed by atoms with Crippen molar-refractivity contribution in [1.82, 2.24) is 24.5 Å². The number of benzene rings is 1. The Bertz CT molecular complexity index is 610. The number of hydrogen-bond donors (Lipinski definition) is 0. The second-order valence-corrected chi connectivity index (χ2v) is 3.79. The predicted octanol–water partition coefficient (Wildman–Crippen LogP) is 1.76. The average Bonchev–Trinajstić information content (AvgIpc) is 3.03. The van der Waals surface area contributed by atoms with E-state index in [4.69, 9.17) is 0 Å². The first-order valence-corrected chi connectivity index (χ1v) is 5.30. The number of nitrogens with zero attached hydrogens (tertiary/aromatic N) is 5. The summed E-state index contributed by atoms with van der Waals surface area (Å²) in [4.78, 5) is 0. The highest BCUT2D eigenvalue weighted by Gasteiger charge is 2.04. The third-order valence-corrected chi connectivity index (χ3v) is 2.66. The van der Waals surface area contributed by atoms with E-state index >= 15 is 0 Å². The fourth-order valence-corrected chi connectivity index (χ4v) is 1.75. The van der Waals surface area contributed by atoms with Crippen molar-refractivity contribution in [2.24, 2.45) is 0 Å². The van der Waals surface area contributed by atoms with Crippen molar-refractivity contribution < 1.29 is 0 Å². The lowest BCUT2D eigenvalue weighted by molar-refractivity contribution is 0.869. The molecule has 0 amide bonds. The zero-order valence-electron chi connectivity index (χ0n) is 9.35. The maximum absolute atomic E-state index is 4.25. The summed E-state index contributed by atoms with van der Waals surface area (Å²) >= 11 is 0. The van der Waals surface area contributed by atoms with Gasteiger partial charge in [-0.1, -0.05) is 6.07 Å². The molecule has 0 aliphatic rings. The fourth-order valence-electron chi connectivity index (χ4n) is 1.75. The van der Waals surface area contributed by atoms with Gasteiger partial charge in [0, 0.05) is 12.4 Å². The van der Waals surface area contributed by atoms with E-state index in [1.54, 1.807) is 18.9 Å². The molecular weight excluding hydrogens is 214 g/mol. The van der Waals surface area contributed by atoms with E-state index in [-0.39, 0.29) is 0 Å². The molecule has 0 saturated heterocycles. The monoisotopic (exact) mass is 225 g/mol. The molecule has 0 bridgehead atoms. The van der Waals surface area contributed by atoms with Gasteiger partial charge in [0.25, 0.3) is 0 Å². The molecule has 0 spiro atoms. The minimum atomic E-state index is 1.02. The highest BCUT2D eigenvalue weighted by Crippen LogP contribution is 2.17. The Hall–Kier alpha value is -2.43. The second kappa shape index (κ2) is 3.86. The maximum Gasteiger partial charge on any atom is 0.123 e. The number of rotatable bonds is 2. The molecule has 0 N–H and O–H groups in total. The molecule has 3 rings (SSSR count). The summed E-state index contributed by atoms with van der Waals surface area (Å²) in [5.74, 6) is 0. The third-order valence-electron chi connectivity index (χ3n) is 2.66. The maximum atomic E-state index is 4.25. The lowest BCUT2D eigenvalue weighted by atomic mass is 10.2. The summed E-state index contributed by atoms with van der Waals surface area (Å²) in [5.41, 5.74) is 3.25. The van der Waals surface area contributed by atoms with E-state index in [2.05, 4.69) is 34.4 Å².